The van der Waals surface area contributed by atoms with Gasteiger partial charge in [-0.1, -0.05) is 0 Å². The standard InChI is InChI=1S/C12H13FO3/c1-15-10-5-8(12(14)7-3-4-7)9(13)6-11(10)16-2/h5-7H,3-4H2,1-2H3. The van der Waals surface area contributed by atoms with Crippen LogP contribution in [0.2, 0.25) is 0 Å². The molecule has 0 radical (unpaired) electrons. The van der Waals surface area contributed by atoms with E-state index in [1.807, 2.05) is 0 Å². The van der Waals surface area contributed by atoms with E-state index in [9.17, 15) is 9.18 Å². The summed E-state index contributed by atoms with van der Waals surface area (Å²) in [5.74, 6) is -0.0131. The Morgan fingerprint density at radius 1 is 1.25 bits per heavy atom. The number of carbonyl (C=O) groups is 1. The smallest absolute Gasteiger partial charge is 0.169 e. The first-order valence-corrected chi connectivity index (χ1v) is 5.13. The highest BCUT2D eigenvalue weighted by Crippen LogP contribution is 2.36. The van der Waals surface area contributed by atoms with Gasteiger partial charge in [-0.15, -0.1) is 0 Å². The zero-order valence-corrected chi connectivity index (χ0v) is 9.25. The lowest BCUT2D eigenvalue weighted by Gasteiger charge is -2.10. The zero-order chi connectivity index (χ0) is 11.7. The summed E-state index contributed by atoms with van der Waals surface area (Å²) in [6, 6.07) is 2.60. The normalized spacial score (nSPS) is 14.7. The van der Waals surface area contributed by atoms with Gasteiger partial charge in [0.05, 0.1) is 19.8 Å². The number of methoxy groups -OCH3 is 2. The van der Waals surface area contributed by atoms with E-state index in [1.165, 1.54) is 26.4 Å². The van der Waals surface area contributed by atoms with Crippen LogP contribution >= 0.6 is 0 Å². The monoisotopic (exact) mass is 224 g/mol. The highest BCUT2D eigenvalue weighted by Gasteiger charge is 2.32. The summed E-state index contributed by atoms with van der Waals surface area (Å²) in [6.07, 6.45) is 1.71. The van der Waals surface area contributed by atoms with E-state index >= 15 is 0 Å². The summed E-state index contributed by atoms with van der Waals surface area (Å²) in [7, 11) is 2.89. The van der Waals surface area contributed by atoms with Crippen LogP contribution in [0.5, 0.6) is 11.5 Å². The van der Waals surface area contributed by atoms with Crippen LogP contribution in [0.4, 0.5) is 4.39 Å². The Labute approximate surface area is 93.2 Å². The average Bonchev–Trinajstić information content (AvgIpc) is 3.11. The molecule has 2 rings (SSSR count). The molecule has 1 aromatic rings. The van der Waals surface area contributed by atoms with Crippen LogP contribution in [0, 0.1) is 11.7 Å². The summed E-state index contributed by atoms with van der Waals surface area (Å²) in [4.78, 5) is 11.8. The number of ether oxygens (including phenoxy) is 2. The number of benzene rings is 1. The van der Waals surface area contributed by atoms with Crippen molar-refractivity contribution in [1.29, 1.82) is 0 Å². The summed E-state index contributed by atoms with van der Waals surface area (Å²) < 4.78 is 23.6. The van der Waals surface area contributed by atoms with Crippen LogP contribution in [0.1, 0.15) is 23.2 Å². The lowest BCUT2D eigenvalue weighted by molar-refractivity contribution is 0.0963. The van der Waals surface area contributed by atoms with Gasteiger partial charge >= 0.3 is 0 Å². The SMILES string of the molecule is COc1cc(F)c(C(=O)C2CC2)cc1OC. The summed E-state index contributed by atoms with van der Waals surface area (Å²) in [5.41, 5.74) is 0.0974. The van der Waals surface area contributed by atoms with Gasteiger partial charge in [0.1, 0.15) is 5.82 Å². The van der Waals surface area contributed by atoms with Crippen molar-refractivity contribution in [2.24, 2.45) is 5.92 Å². The molecule has 0 bridgehead atoms. The predicted octanol–water partition coefficient (Wildman–Crippen LogP) is 2.44. The first kappa shape index (κ1) is 10.9. The van der Waals surface area contributed by atoms with Crippen LogP contribution in [0.3, 0.4) is 0 Å². The Morgan fingerprint density at radius 3 is 2.31 bits per heavy atom. The van der Waals surface area contributed by atoms with E-state index in [1.54, 1.807) is 0 Å². The van der Waals surface area contributed by atoms with Crippen molar-refractivity contribution in [3.05, 3.63) is 23.5 Å². The molecule has 16 heavy (non-hydrogen) atoms. The van der Waals surface area contributed by atoms with E-state index in [0.717, 1.165) is 12.8 Å². The van der Waals surface area contributed by atoms with Crippen molar-refractivity contribution in [2.45, 2.75) is 12.8 Å². The summed E-state index contributed by atoms with van der Waals surface area (Å²) in [6.45, 7) is 0. The highest BCUT2D eigenvalue weighted by molar-refractivity contribution is 6.00. The van der Waals surface area contributed by atoms with Gasteiger partial charge in [0.2, 0.25) is 0 Å². The molecular weight excluding hydrogens is 211 g/mol. The van der Waals surface area contributed by atoms with Gasteiger partial charge in [0, 0.05) is 12.0 Å². The minimum absolute atomic E-state index is 0.00685. The highest BCUT2D eigenvalue weighted by atomic mass is 19.1. The average molecular weight is 224 g/mol. The van der Waals surface area contributed by atoms with Crippen molar-refractivity contribution >= 4 is 5.78 Å². The first-order valence-electron chi connectivity index (χ1n) is 5.13. The molecule has 3 nitrogen and oxygen atoms in total. The Morgan fingerprint density at radius 2 is 1.81 bits per heavy atom. The molecule has 0 amide bonds. The molecule has 1 fully saturated rings. The molecule has 86 valence electrons. The molecule has 0 unspecified atom stereocenters. The molecule has 0 atom stereocenters. The Kier molecular flexibility index (Phi) is 2.81. The van der Waals surface area contributed by atoms with Gasteiger partial charge in [-0.25, -0.2) is 4.39 Å². The molecule has 0 heterocycles. The number of hydrogen-bond acceptors (Lipinski definition) is 3. The van der Waals surface area contributed by atoms with Crippen LogP contribution in [-0.4, -0.2) is 20.0 Å². The van der Waals surface area contributed by atoms with Gasteiger partial charge < -0.3 is 9.47 Å². The molecule has 1 saturated carbocycles. The minimum Gasteiger partial charge on any atom is -0.493 e. The van der Waals surface area contributed by atoms with E-state index < -0.39 is 5.82 Å². The van der Waals surface area contributed by atoms with Gasteiger partial charge in [-0.2, -0.15) is 0 Å². The van der Waals surface area contributed by atoms with E-state index in [-0.39, 0.29) is 17.3 Å². The Bertz CT molecular complexity index is 425. The number of carbonyl (C=O) groups excluding carboxylic acids is 1. The maximum atomic E-state index is 13.6. The zero-order valence-electron chi connectivity index (χ0n) is 9.25. The second-order valence-electron chi connectivity index (χ2n) is 3.83. The maximum Gasteiger partial charge on any atom is 0.169 e. The molecule has 0 N–H and O–H groups in total. The molecular formula is C12H13FO3. The molecule has 0 saturated heterocycles. The van der Waals surface area contributed by atoms with Gasteiger partial charge in [-0.05, 0) is 18.9 Å². The lowest BCUT2D eigenvalue weighted by atomic mass is 10.1. The van der Waals surface area contributed by atoms with Crippen molar-refractivity contribution in [2.75, 3.05) is 14.2 Å². The van der Waals surface area contributed by atoms with E-state index in [2.05, 4.69) is 0 Å². The number of hydrogen-bond donors (Lipinski definition) is 0. The lowest BCUT2D eigenvalue weighted by Crippen LogP contribution is -2.05. The van der Waals surface area contributed by atoms with E-state index in [4.69, 9.17) is 9.47 Å². The number of rotatable bonds is 4. The molecule has 1 aromatic carbocycles. The summed E-state index contributed by atoms with van der Waals surface area (Å²) in [5, 5.41) is 0. The first-order chi connectivity index (χ1) is 7.67. The van der Waals surface area contributed by atoms with Crippen LogP contribution in [0.15, 0.2) is 12.1 Å². The number of Topliss-reactive ketones (excluding diaryl/α,β-unsaturated/α-hetero) is 1. The minimum atomic E-state index is -0.547. The predicted molar refractivity (Wildman–Crippen MR) is 56.6 cm³/mol. The molecule has 0 aromatic heterocycles. The third-order valence-electron chi connectivity index (χ3n) is 2.69. The fourth-order valence-electron chi connectivity index (χ4n) is 1.61. The van der Waals surface area contributed by atoms with Crippen LogP contribution in [-0.2, 0) is 0 Å². The second-order valence-corrected chi connectivity index (χ2v) is 3.83. The molecule has 1 aliphatic carbocycles. The van der Waals surface area contributed by atoms with Gasteiger partial charge in [0.25, 0.3) is 0 Å². The Balaban J connectivity index is 2.41. The largest absolute Gasteiger partial charge is 0.493 e. The second kappa shape index (κ2) is 4.12. The van der Waals surface area contributed by atoms with Crippen LogP contribution in [0.25, 0.3) is 0 Å². The maximum absolute atomic E-state index is 13.6. The van der Waals surface area contributed by atoms with Crippen molar-refractivity contribution < 1.29 is 18.7 Å². The third-order valence-corrected chi connectivity index (χ3v) is 2.69. The summed E-state index contributed by atoms with van der Waals surface area (Å²) >= 11 is 0. The van der Waals surface area contributed by atoms with Crippen molar-refractivity contribution in [1.82, 2.24) is 0 Å². The van der Waals surface area contributed by atoms with E-state index in [0.29, 0.717) is 11.5 Å². The molecule has 0 spiro atoms. The topological polar surface area (TPSA) is 35.5 Å². The Hall–Kier alpha value is -1.58. The number of halogens is 1. The fourth-order valence-corrected chi connectivity index (χ4v) is 1.61. The van der Waals surface area contributed by atoms with Gasteiger partial charge in [-0.3, -0.25) is 4.79 Å². The quantitative estimate of drug-likeness (QED) is 0.737. The van der Waals surface area contributed by atoms with Gasteiger partial charge in [0.15, 0.2) is 17.3 Å². The van der Waals surface area contributed by atoms with Crippen molar-refractivity contribution in [3.63, 3.8) is 0 Å². The van der Waals surface area contributed by atoms with Crippen LogP contribution < -0.4 is 9.47 Å². The van der Waals surface area contributed by atoms with Crippen molar-refractivity contribution in [3.8, 4) is 11.5 Å². The fraction of sp³-hybridized carbons (Fsp3) is 0.417. The number of ketones is 1. The third kappa shape index (κ3) is 1.87. The molecule has 4 heteroatoms. The molecule has 1 aliphatic rings. The molecule has 0 aliphatic heterocycles.